The van der Waals surface area contributed by atoms with Crippen LogP contribution in [-0.4, -0.2) is 46.2 Å². The Morgan fingerprint density at radius 3 is 2.34 bits per heavy atom. The molecule has 1 aliphatic heterocycles. The number of carbonyl (C=O) groups excluding carboxylic acids is 2. The van der Waals surface area contributed by atoms with Crippen molar-refractivity contribution >= 4 is 23.5 Å². The average molecular weight is 517 g/mol. The van der Waals surface area contributed by atoms with Gasteiger partial charge in [0, 0.05) is 31.1 Å². The van der Waals surface area contributed by atoms with Crippen LogP contribution in [0, 0.1) is 0 Å². The number of hydrogen-bond acceptors (Lipinski definition) is 6. The fraction of sp³-hybridized carbons (Fsp3) is 0.276. The predicted octanol–water partition coefficient (Wildman–Crippen LogP) is 2.78. The average Bonchev–Trinajstić information content (AvgIpc) is 3.40. The number of rotatable bonds is 10. The number of amides is 2. The molecule has 0 radical (unpaired) electrons. The minimum atomic E-state index is -1.59. The Hall–Kier alpha value is -4.05. The molecular formula is C29H32N4O5. The van der Waals surface area contributed by atoms with Gasteiger partial charge in [0.1, 0.15) is 6.04 Å². The molecule has 198 valence electrons. The SMILES string of the molecule is CC(=O)Nc1cccc(C2CC(C(=O)NC(Cc3ccc(-c4ccccc4)cc3)C[C@@H](O)C(=O)O)NN2)c1. The maximum atomic E-state index is 13.1. The maximum Gasteiger partial charge on any atom is 0.332 e. The molecule has 3 aromatic rings. The van der Waals surface area contributed by atoms with Crippen molar-refractivity contribution in [2.45, 2.75) is 50.4 Å². The molecule has 38 heavy (non-hydrogen) atoms. The van der Waals surface area contributed by atoms with Crippen molar-refractivity contribution in [3.8, 4) is 11.1 Å². The van der Waals surface area contributed by atoms with Gasteiger partial charge in [0.2, 0.25) is 11.8 Å². The van der Waals surface area contributed by atoms with Gasteiger partial charge in [-0.2, -0.15) is 0 Å². The van der Waals surface area contributed by atoms with Crippen LogP contribution < -0.4 is 21.5 Å². The van der Waals surface area contributed by atoms with Gasteiger partial charge >= 0.3 is 5.97 Å². The molecule has 4 atom stereocenters. The molecule has 9 nitrogen and oxygen atoms in total. The summed E-state index contributed by atoms with van der Waals surface area (Å²) in [6, 6.07) is 23.9. The lowest BCUT2D eigenvalue weighted by molar-refractivity contribution is -0.147. The summed E-state index contributed by atoms with van der Waals surface area (Å²) in [6.07, 6.45) is -0.894. The second kappa shape index (κ2) is 12.5. The molecule has 1 aliphatic rings. The van der Waals surface area contributed by atoms with E-state index < -0.39 is 24.2 Å². The molecule has 0 spiro atoms. The van der Waals surface area contributed by atoms with E-state index in [1.54, 1.807) is 6.07 Å². The summed E-state index contributed by atoms with van der Waals surface area (Å²) < 4.78 is 0. The molecule has 0 bridgehead atoms. The number of benzene rings is 3. The van der Waals surface area contributed by atoms with Gasteiger partial charge in [0.05, 0.1) is 0 Å². The molecule has 1 fully saturated rings. The Kier molecular flexibility index (Phi) is 8.85. The van der Waals surface area contributed by atoms with Crippen LogP contribution in [0.3, 0.4) is 0 Å². The summed E-state index contributed by atoms with van der Waals surface area (Å²) in [6.45, 7) is 1.44. The van der Waals surface area contributed by atoms with Gasteiger partial charge in [-0.15, -0.1) is 0 Å². The van der Waals surface area contributed by atoms with Crippen LogP contribution in [0.5, 0.6) is 0 Å². The van der Waals surface area contributed by atoms with Crippen molar-refractivity contribution in [3.63, 3.8) is 0 Å². The summed E-state index contributed by atoms with van der Waals surface area (Å²) in [4.78, 5) is 35.8. The van der Waals surface area contributed by atoms with E-state index in [9.17, 15) is 24.6 Å². The Labute approximate surface area is 221 Å². The predicted molar refractivity (Wildman–Crippen MR) is 144 cm³/mol. The van der Waals surface area contributed by atoms with Crippen LogP contribution in [0.25, 0.3) is 11.1 Å². The number of aliphatic carboxylic acids is 1. The molecule has 0 aliphatic carbocycles. The Morgan fingerprint density at radius 2 is 1.66 bits per heavy atom. The van der Waals surface area contributed by atoms with Gasteiger partial charge in [-0.3, -0.25) is 9.59 Å². The number of nitrogens with one attached hydrogen (secondary N) is 4. The van der Waals surface area contributed by atoms with Gasteiger partial charge in [-0.1, -0.05) is 66.7 Å². The van der Waals surface area contributed by atoms with Gasteiger partial charge in [0.15, 0.2) is 6.10 Å². The van der Waals surface area contributed by atoms with E-state index in [0.717, 1.165) is 22.3 Å². The molecule has 0 saturated carbocycles. The highest BCUT2D eigenvalue weighted by atomic mass is 16.4. The smallest absolute Gasteiger partial charge is 0.332 e. The topological polar surface area (TPSA) is 140 Å². The zero-order valence-corrected chi connectivity index (χ0v) is 21.1. The molecule has 0 aromatic heterocycles. The summed E-state index contributed by atoms with van der Waals surface area (Å²) >= 11 is 0. The minimum Gasteiger partial charge on any atom is -0.479 e. The van der Waals surface area contributed by atoms with Crippen LogP contribution >= 0.6 is 0 Å². The number of aliphatic hydroxyl groups is 1. The monoisotopic (exact) mass is 516 g/mol. The molecule has 1 saturated heterocycles. The van der Waals surface area contributed by atoms with Crippen LogP contribution in [0.15, 0.2) is 78.9 Å². The number of anilines is 1. The number of carboxylic acids is 1. The van der Waals surface area contributed by atoms with Gasteiger partial charge < -0.3 is 20.8 Å². The van der Waals surface area contributed by atoms with Crippen molar-refractivity contribution in [3.05, 3.63) is 90.0 Å². The lowest BCUT2D eigenvalue weighted by Crippen LogP contribution is -2.48. The lowest BCUT2D eigenvalue weighted by Gasteiger charge is -2.22. The second-order valence-electron chi connectivity index (χ2n) is 9.50. The molecular weight excluding hydrogens is 484 g/mol. The quantitative estimate of drug-likeness (QED) is 0.244. The number of hydrogen-bond donors (Lipinski definition) is 6. The molecule has 2 amide bonds. The first-order chi connectivity index (χ1) is 18.3. The van der Waals surface area contributed by atoms with Gasteiger partial charge in [0.25, 0.3) is 0 Å². The fourth-order valence-corrected chi connectivity index (χ4v) is 4.60. The third kappa shape index (κ3) is 7.25. The first-order valence-corrected chi connectivity index (χ1v) is 12.5. The second-order valence-corrected chi connectivity index (χ2v) is 9.50. The van der Waals surface area contributed by atoms with Crippen LogP contribution in [-0.2, 0) is 20.8 Å². The first kappa shape index (κ1) is 27.0. The number of carbonyl (C=O) groups is 3. The zero-order valence-electron chi connectivity index (χ0n) is 21.1. The van der Waals surface area contributed by atoms with Crippen LogP contribution in [0.1, 0.15) is 36.9 Å². The standard InChI is InChI=1S/C29H32N4O5/c1-18(34)30-23-9-5-8-22(15-23)25-17-26(33-32-25)28(36)31-24(16-27(35)29(37)38)14-19-10-12-21(13-11-19)20-6-3-2-4-7-20/h2-13,15,24-27,32-33,35H,14,16-17H2,1H3,(H,30,34)(H,31,36)(H,37,38)/t24?,25?,26?,27-/m1/s1. The third-order valence-corrected chi connectivity index (χ3v) is 6.51. The third-order valence-electron chi connectivity index (χ3n) is 6.51. The highest BCUT2D eigenvalue weighted by molar-refractivity contribution is 5.88. The van der Waals surface area contributed by atoms with E-state index in [1.165, 1.54) is 6.92 Å². The summed E-state index contributed by atoms with van der Waals surface area (Å²) in [5, 5.41) is 24.9. The van der Waals surface area contributed by atoms with E-state index in [-0.39, 0.29) is 24.3 Å². The highest BCUT2D eigenvalue weighted by Crippen LogP contribution is 2.25. The lowest BCUT2D eigenvalue weighted by atomic mass is 9.97. The molecule has 4 rings (SSSR count). The van der Waals surface area contributed by atoms with Crippen molar-refractivity contribution in [2.75, 3.05) is 5.32 Å². The van der Waals surface area contributed by atoms with E-state index in [1.807, 2.05) is 72.8 Å². The van der Waals surface area contributed by atoms with Gasteiger partial charge in [-0.25, -0.2) is 15.6 Å². The Morgan fingerprint density at radius 1 is 0.947 bits per heavy atom. The Balaban J connectivity index is 1.41. The number of carboxylic acid groups (broad SMARTS) is 1. The van der Waals surface area contributed by atoms with Crippen molar-refractivity contribution < 1.29 is 24.6 Å². The minimum absolute atomic E-state index is 0.121. The fourth-order valence-electron chi connectivity index (χ4n) is 4.60. The molecule has 6 N–H and O–H groups in total. The van der Waals surface area contributed by atoms with E-state index >= 15 is 0 Å². The zero-order chi connectivity index (χ0) is 27.1. The Bertz CT molecular complexity index is 1270. The molecule has 9 heteroatoms. The van der Waals surface area contributed by atoms with Crippen molar-refractivity contribution in [1.82, 2.24) is 16.2 Å². The van der Waals surface area contributed by atoms with Crippen LogP contribution in [0.2, 0.25) is 0 Å². The van der Waals surface area contributed by atoms with E-state index in [2.05, 4.69) is 21.5 Å². The summed E-state index contributed by atoms with van der Waals surface area (Å²) in [7, 11) is 0. The number of hydrazine groups is 1. The van der Waals surface area contributed by atoms with E-state index in [0.29, 0.717) is 18.5 Å². The summed E-state index contributed by atoms with van der Waals surface area (Å²) in [5.41, 5.74) is 10.8. The largest absolute Gasteiger partial charge is 0.479 e. The molecule has 3 unspecified atom stereocenters. The van der Waals surface area contributed by atoms with E-state index in [4.69, 9.17) is 0 Å². The summed E-state index contributed by atoms with van der Waals surface area (Å²) in [5.74, 6) is -1.79. The maximum absolute atomic E-state index is 13.1. The highest BCUT2D eigenvalue weighted by Gasteiger charge is 2.32. The number of aliphatic hydroxyl groups excluding tert-OH is 1. The van der Waals surface area contributed by atoms with Crippen molar-refractivity contribution in [2.24, 2.45) is 0 Å². The van der Waals surface area contributed by atoms with Crippen LogP contribution in [0.4, 0.5) is 5.69 Å². The molecule has 3 aromatic carbocycles. The normalized spacial score (nSPS) is 18.4. The first-order valence-electron chi connectivity index (χ1n) is 12.5. The van der Waals surface area contributed by atoms with Gasteiger partial charge in [-0.05, 0) is 47.2 Å². The molecule has 1 heterocycles. The van der Waals surface area contributed by atoms with Crippen molar-refractivity contribution in [1.29, 1.82) is 0 Å².